The van der Waals surface area contributed by atoms with Gasteiger partial charge in [0.2, 0.25) is 0 Å². The first kappa shape index (κ1) is 13.4. The van der Waals surface area contributed by atoms with Crippen LogP contribution in [0.4, 0.5) is 0 Å². The number of carboxylic acid groups (broad SMARTS) is 1. The predicted molar refractivity (Wildman–Crippen MR) is 73.6 cm³/mol. The normalized spacial score (nSPS) is 12.1. The number of carboxylic acids is 1. The minimum atomic E-state index is -0.888. The number of hydrogen-bond donors (Lipinski definition) is 2. The number of phenolic OH excluding ortho intramolecular Hbond substituents is 1. The van der Waals surface area contributed by atoms with Gasteiger partial charge in [-0.3, -0.25) is 4.79 Å². The quantitative estimate of drug-likeness (QED) is 0.899. The number of carbonyl (C=O) groups is 1. The fourth-order valence-corrected chi connectivity index (χ4v) is 2.04. The van der Waals surface area contributed by atoms with Gasteiger partial charge in [-0.05, 0) is 41.8 Å². The van der Waals surface area contributed by atoms with Crippen LogP contribution < -0.4 is 0 Å². The summed E-state index contributed by atoms with van der Waals surface area (Å²) in [5.74, 6) is -1.40. The molecular weight excluding hydrogens is 264 g/mol. The van der Waals surface area contributed by atoms with E-state index in [0.29, 0.717) is 17.0 Å². The second kappa shape index (κ2) is 5.76. The van der Waals surface area contributed by atoms with E-state index in [1.165, 1.54) is 12.1 Å². The molecular formula is C15H13ClO3. The standard InChI is InChI=1S/C15H13ClO3/c16-12-5-1-10(2-6-12)9-14(15(18)19)11-3-7-13(17)8-4-11/h1-8,14,17H,9H2,(H,18,19). The van der Waals surface area contributed by atoms with Gasteiger partial charge in [-0.1, -0.05) is 35.9 Å². The summed E-state index contributed by atoms with van der Waals surface area (Å²) < 4.78 is 0. The largest absolute Gasteiger partial charge is 0.508 e. The summed E-state index contributed by atoms with van der Waals surface area (Å²) in [6, 6.07) is 13.4. The first-order valence-electron chi connectivity index (χ1n) is 5.82. The van der Waals surface area contributed by atoms with Gasteiger partial charge in [0, 0.05) is 5.02 Å². The maximum Gasteiger partial charge on any atom is 0.311 e. The monoisotopic (exact) mass is 276 g/mol. The average molecular weight is 277 g/mol. The molecule has 0 amide bonds. The Morgan fingerprint density at radius 3 is 2.16 bits per heavy atom. The molecule has 0 aliphatic heterocycles. The summed E-state index contributed by atoms with van der Waals surface area (Å²) in [5, 5.41) is 19.2. The zero-order chi connectivity index (χ0) is 13.8. The molecule has 0 aliphatic rings. The summed E-state index contributed by atoms with van der Waals surface area (Å²) >= 11 is 5.80. The van der Waals surface area contributed by atoms with Gasteiger partial charge in [0.1, 0.15) is 5.75 Å². The molecule has 0 radical (unpaired) electrons. The molecule has 0 heterocycles. The lowest BCUT2D eigenvalue weighted by Crippen LogP contribution is -2.14. The second-order valence-corrected chi connectivity index (χ2v) is 4.75. The minimum absolute atomic E-state index is 0.124. The number of aromatic hydroxyl groups is 1. The molecule has 1 unspecified atom stereocenters. The van der Waals surface area contributed by atoms with E-state index < -0.39 is 11.9 Å². The van der Waals surface area contributed by atoms with Crippen molar-refractivity contribution in [2.24, 2.45) is 0 Å². The molecule has 2 aromatic rings. The van der Waals surface area contributed by atoms with Crippen molar-refractivity contribution in [3.05, 3.63) is 64.7 Å². The molecule has 2 rings (SSSR count). The van der Waals surface area contributed by atoms with E-state index in [1.807, 2.05) is 12.1 Å². The Morgan fingerprint density at radius 1 is 1.05 bits per heavy atom. The summed E-state index contributed by atoms with van der Waals surface area (Å²) in [6.07, 6.45) is 0.386. The molecule has 0 saturated heterocycles. The highest BCUT2D eigenvalue weighted by atomic mass is 35.5. The number of halogens is 1. The van der Waals surface area contributed by atoms with E-state index in [9.17, 15) is 15.0 Å². The Morgan fingerprint density at radius 2 is 1.63 bits per heavy atom. The van der Waals surface area contributed by atoms with Crippen LogP contribution in [0.1, 0.15) is 17.0 Å². The highest BCUT2D eigenvalue weighted by Gasteiger charge is 2.20. The molecule has 0 bridgehead atoms. The van der Waals surface area contributed by atoms with Crippen LogP contribution in [0, 0.1) is 0 Å². The summed E-state index contributed by atoms with van der Waals surface area (Å²) in [5.41, 5.74) is 1.57. The van der Waals surface area contributed by atoms with Crippen molar-refractivity contribution in [2.45, 2.75) is 12.3 Å². The molecule has 0 aliphatic carbocycles. The molecule has 0 aromatic heterocycles. The van der Waals surface area contributed by atoms with Crippen molar-refractivity contribution in [1.29, 1.82) is 0 Å². The lowest BCUT2D eigenvalue weighted by molar-refractivity contribution is -0.138. The number of aliphatic carboxylic acids is 1. The SMILES string of the molecule is O=C(O)C(Cc1ccc(Cl)cc1)c1ccc(O)cc1. The van der Waals surface area contributed by atoms with Gasteiger partial charge in [-0.25, -0.2) is 0 Å². The Hall–Kier alpha value is -2.00. The fourth-order valence-electron chi connectivity index (χ4n) is 1.91. The Labute approximate surface area is 116 Å². The molecule has 0 spiro atoms. The molecule has 0 saturated carbocycles. The topological polar surface area (TPSA) is 57.5 Å². The van der Waals surface area contributed by atoms with Crippen molar-refractivity contribution in [2.75, 3.05) is 0 Å². The third kappa shape index (κ3) is 3.48. The van der Waals surface area contributed by atoms with E-state index in [4.69, 9.17) is 11.6 Å². The maximum atomic E-state index is 11.4. The third-order valence-corrected chi connectivity index (χ3v) is 3.20. The smallest absolute Gasteiger partial charge is 0.311 e. The van der Waals surface area contributed by atoms with Crippen molar-refractivity contribution >= 4 is 17.6 Å². The van der Waals surface area contributed by atoms with Crippen LogP contribution in [-0.2, 0) is 11.2 Å². The van der Waals surface area contributed by atoms with Crippen LogP contribution in [0.5, 0.6) is 5.75 Å². The van der Waals surface area contributed by atoms with Gasteiger partial charge in [0.05, 0.1) is 5.92 Å². The van der Waals surface area contributed by atoms with Crippen LogP contribution >= 0.6 is 11.6 Å². The van der Waals surface area contributed by atoms with Crippen LogP contribution in [0.25, 0.3) is 0 Å². The highest BCUT2D eigenvalue weighted by molar-refractivity contribution is 6.30. The molecule has 3 nitrogen and oxygen atoms in total. The molecule has 98 valence electrons. The Kier molecular flexibility index (Phi) is 4.07. The molecule has 19 heavy (non-hydrogen) atoms. The van der Waals surface area contributed by atoms with E-state index in [0.717, 1.165) is 5.56 Å². The number of benzene rings is 2. The van der Waals surface area contributed by atoms with Gasteiger partial charge in [0.25, 0.3) is 0 Å². The number of hydrogen-bond acceptors (Lipinski definition) is 2. The zero-order valence-corrected chi connectivity index (χ0v) is 10.8. The fraction of sp³-hybridized carbons (Fsp3) is 0.133. The Balaban J connectivity index is 2.23. The van der Waals surface area contributed by atoms with Gasteiger partial charge in [-0.2, -0.15) is 0 Å². The van der Waals surface area contributed by atoms with E-state index in [1.54, 1.807) is 24.3 Å². The molecule has 4 heteroatoms. The van der Waals surface area contributed by atoms with Gasteiger partial charge in [-0.15, -0.1) is 0 Å². The van der Waals surface area contributed by atoms with Crippen LogP contribution in [-0.4, -0.2) is 16.2 Å². The van der Waals surface area contributed by atoms with Crippen molar-refractivity contribution in [3.63, 3.8) is 0 Å². The summed E-state index contributed by atoms with van der Waals surface area (Å²) in [6.45, 7) is 0. The average Bonchev–Trinajstić information content (AvgIpc) is 2.39. The van der Waals surface area contributed by atoms with Crippen LogP contribution in [0.15, 0.2) is 48.5 Å². The number of rotatable bonds is 4. The lowest BCUT2D eigenvalue weighted by atomic mass is 9.92. The maximum absolute atomic E-state index is 11.4. The van der Waals surface area contributed by atoms with Crippen molar-refractivity contribution in [1.82, 2.24) is 0 Å². The summed E-state index contributed by atoms with van der Waals surface area (Å²) in [7, 11) is 0. The highest BCUT2D eigenvalue weighted by Crippen LogP contribution is 2.24. The molecule has 0 fully saturated rings. The lowest BCUT2D eigenvalue weighted by Gasteiger charge is -2.13. The molecule has 2 aromatic carbocycles. The predicted octanol–water partition coefficient (Wildman–Crippen LogP) is 3.46. The zero-order valence-electron chi connectivity index (χ0n) is 10.1. The van der Waals surface area contributed by atoms with Crippen LogP contribution in [0.3, 0.4) is 0 Å². The van der Waals surface area contributed by atoms with E-state index in [-0.39, 0.29) is 5.75 Å². The molecule has 2 N–H and O–H groups in total. The second-order valence-electron chi connectivity index (χ2n) is 4.31. The van der Waals surface area contributed by atoms with Gasteiger partial charge in [0.15, 0.2) is 0 Å². The first-order valence-corrected chi connectivity index (χ1v) is 6.20. The van der Waals surface area contributed by atoms with Crippen LogP contribution in [0.2, 0.25) is 5.02 Å². The van der Waals surface area contributed by atoms with Gasteiger partial charge < -0.3 is 10.2 Å². The number of phenols is 1. The van der Waals surface area contributed by atoms with E-state index >= 15 is 0 Å². The van der Waals surface area contributed by atoms with Crippen molar-refractivity contribution < 1.29 is 15.0 Å². The summed E-state index contributed by atoms with van der Waals surface area (Å²) in [4.78, 5) is 11.4. The Bertz CT molecular complexity index is 561. The van der Waals surface area contributed by atoms with Crippen molar-refractivity contribution in [3.8, 4) is 5.75 Å². The third-order valence-electron chi connectivity index (χ3n) is 2.95. The minimum Gasteiger partial charge on any atom is -0.508 e. The first-order chi connectivity index (χ1) is 9.06. The van der Waals surface area contributed by atoms with E-state index in [2.05, 4.69) is 0 Å². The van der Waals surface area contributed by atoms with Gasteiger partial charge >= 0.3 is 5.97 Å². The molecule has 1 atom stereocenters.